The van der Waals surface area contributed by atoms with Crippen molar-refractivity contribution in [2.45, 2.75) is 65.3 Å². The maximum Gasteiger partial charge on any atom is 0.00671 e. The summed E-state index contributed by atoms with van der Waals surface area (Å²) in [6.07, 6.45) is 8.41. The summed E-state index contributed by atoms with van der Waals surface area (Å²) in [5.74, 6) is 1.91. The molecule has 2 atom stereocenters. The van der Waals surface area contributed by atoms with Gasteiger partial charge in [0.15, 0.2) is 0 Å². The van der Waals surface area contributed by atoms with E-state index >= 15 is 0 Å². The van der Waals surface area contributed by atoms with Crippen LogP contribution in [0, 0.1) is 11.8 Å². The quantitative estimate of drug-likeness (QED) is 0.627. The van der Waals surface area contributed by atoms with Crippen molar-refractivity contribution in [2.75, 3.05) is 6.54 Å². The molecule has 0 saturated heterocycles. The maximum absolute atomic E-state index is 3.70. The van der Waals surface area contributed by atoms with Crippen LogP contribution in [0.25, 0.3) is 0 Å². The van der Waals surface area contributed by atoms with Crippen molar-refractivity contribution in [1.82, 2.24) is 5.32 Å². The Hall–Kier alpha value is -0.0400. The van der Waals surface area contributed by atoms with Crippen LogP contribution in [0.4, 0.5) is 0 Å². The molecule has 84 valence electrons. The normalized spacial score (nSPS) is 20.8. The topological polar surface area (TPSA) is 12.0 Å². The van der Waals surface area contributed by atoms with Gasteiger partial charge in [-0.2, -0.15) is 0 Å². The fraction of sp³-hybridized carbons (Fsp3) is 1.00. The molecule has 1 N–H and O–H groups in total. The minimum Gasteiger partial charge on any atom is -0.314 e. The molecule has 1 nitrogen and oxygen atoms in total. The number of hydrogen-bond donors (Lipinski definition) is 1. The Kier molecular flexibility index (Phi) is 5.54. The molecule has 0 bridgehead atoms. The molecule has 1 aliphatic carbocycles. The highest BCUT2D eigenvalue weighted by molar-refractivity contribution is 4.83. The van der Waals surface area contributed by atoms with Crippen molar-refractivity contribution < 1.29 is 0 Å². The van der Waals surface area contributed by atoms with Crippen LogP contribution in [0.3, 0.4) is 0 Å². The summed E-state index contributed by atoms with van der Waals surface area (Å²) in [5.41, 5.74) is 0. The molecule has 0 aromatic heterocycles. The number of unbranched alkanes of at least 4 members (excludes halogenated alkanes) is 1. The molecule has 1 heteroatoms. The van der Waals surface area contributed by atoms with Gasteiger partial charge in [0, 0.05) is 6.04 Å². The summed E-state index contributed by atoms with van der Waals surface area (Å²) in [4.78, 5) is 0. The summed E-state index contributed by atoms with van der Waals surface area (Å²) in [6.45, 7) is 8.20. The van der Waals surface area contributed by atoms with Gasteiger partial charge in [0.05, 0.1) is 0 Å². The zero-order valence-electron chi connectivity index (χ0n) is 10.2. The van der Waals surface area contributed by atoms with Gasteiger partial charge in [0.25, 0.3) is 0 Å². The molecule has 0 aliphatic heterocycles. The van der Waals surface area contributed by atoms with Crippen molar-refractivity contribution in [2.24, 2.45) is 11.8 Å². The first-order valence-corrected chi connectivity index (χ1v) is 6.51. The van der Waals surface area contributed by atoms with Gasteiger partial charge in [-0.25, -0.2) is 0 Å². The molecule has 0 heterocycles. The predicted molar refractivity (Wildman–Crippen MR) is 63.5 cm³/mol. The number of rotatable bonds is 8. The zero-order chi connectivity index (χ0) is 10.4. The van der Waals surface area contributed by atoms with E-state index in [0.717, 1.165) is 17.9 Å². The third kappa shape index (κ3) is 4.45. The Labute approximate surface area is 89.7 Å². The van der Waals surface area contributed by atoms with Crippen LogP contribution in [-0.2, 0) is 0 Å². The average Bonchev–Trinajstić information content (AvgIpc) is 3.01. The van der Waals surface area contributed by atoms with Crippen LogP contribution in [0.15, 0.2) is 0 Å². The second kappa shape index (κ2) is 6.44. The molecular formula is C13H27N. The van der Waals surface area contributed by atoms with E-state index in [4.69, 9.17) is 0 Å². The van der Waals surface area contributed by atoms with Crippen molar-refractivity contribution in [1.29, 1.82) is 0 Å². The Morgan fingerprint density at radius 3 is 2.50 bits per heavy atom. The lowest BCUT2D eigenvalue weighted by Crippen LogP contribution is -2.32. The van der Waals surface area contributed by atoms with E-state index in [1.165, 1.54) is 45.1 Å². The monoisotopic (exact) mass is 197 g/mol. The minimum absolute atomic E-state index is 0.769. The Bertz CT molecular complexity index is 140. The van der Waals surface area contributed by atoms with Crippen molar-refractivity contribution >= 4 is 0 Å². The molecule has 0 amide bonds. The van der Waals surface area contributed by atoms with Gasteiger partial charge in [-0.1, -0.05) is 33.1 Å². The third-order valence-corrected chi connectivity index (χ3v) is 3.60. The van der Waals surface area contributed by atoms with E-state index < -0.39 is 0 Å². The van der Waals surface area contributed by atoms with Crippen LogP contribution < -0.4 is 5.32 Å². The molecule has 1 fully saturated rings. The molecule has 2 unspecified atom stereocenters. The van der Waals surface area contributed by atoms with E-state index in [1.807, 2.05) is 0 Å². The number of nitrogens with one attached hydrogen (secondary N) is 1. The summed E-state index contributed by atoms with van der Waals surface area (Å²) in [7, 11) is 0. The lowest BCUT2D eigenvalue weighted by atomic mass is 9.99. The summed E-state index contributed by atoms with van der Waals surface area (Å²) < 4.78 is 0. The van der Waals surface area contributed by atoms with E-state index in [2.05, 4.69) is 26.1 Å². The zero-order valence-corrected chi connectivity index (χ0v) is 10.2. The maximum atomic E-state index is 3.70. The van der Waals surface area contributed by atoms with Crippen LogP contribution >= 0.6 is 0 Å². The SMILES string of the molecule is CCCCC(CC)CNC(C)C1CC1. The highest BCUT2D eigenvalue weighted by Crippen LogP contribution is 2.32. The van der Waals surface area contributed by atoms with E-state index in [1.54, 1.807) is 0 Å². The third-order valence-electron chi connectivity index (χ3n) is 3.60. The second-order valence-electron chi connectivity index (χ2n) is 4.95. The first-order valence-electron chi connectivity index (χ1n) is 6.51. The fourth-order valence-electron chi connectivity index (χ4n) is 2.06. The highest BCUT2D eigenvalue weighted by Gasteiger charge is 2.27. The average molecular weight is 197 g/mol. The largest absolute Gasteiger partial charge is 0.314 e. The van der Waals surface area contributed by atoms with Crippen LogP contribution in [0.1, 0.15) is 59.3 Å². The van der Waals surface area contributed by atoms with Gasteiger partial charge in [0.2, 0.25) is 0 Å². The van der Waals surface area contributed by atoms with Crippen LogP contribution in [0.5, 0.6) is 0 Å². The first kappa shape index (κ1) is 12.0. The van der Waals surface area contributed by atoms with Gasteiger partial charge in [-0.05, 0) is 44.6 Å². The minimum atomic E-state index is 0.769. The standard InChI is InChI=1S/C13H27N/c1-4-6-7-12(5-2)10-14-11(3)13-8-9-13/h11-14H,4-10H2,1-3H3. The van der Waals surface area contributed by atoms with Gasteiger partial charge in [-0.15, -0.1) is 0 Å². The van der Waals surface area contributed by atoms with E-state index in [0.29, 0.717) is 0 Å². The molecule has 0 radical (unpaired) electrons. The smallest absolute Gasteiger partial charge is 0.00671 e. The summed E-state index contributed by atoms with van der Waals surface area (Å²) >= 11 is 0. The van der Waals surface area contributed by atoms with Crippen LogP contribution in [-0.4, -0.2) is 12.6 Å². The van der Waals surface area contributed by atoms with Crippen molar-refractivity contribution in [3.8, 4) is 0 Å². The van der Waals surface area contributed by atoms with E-state index in [9.17, 15) is 0 Å². The van der Waals surface area contributed by atoms with Crippen molar-refractivity contribution in [3.63, 3.8) is 0 Å². The molecule has 14 heavy (non-hydrogen) atoms. The lowest BCUT2D eigenvalue weighted by Gasteiger charge is -2.19. The number of hydrogen-bond acceptors (Lipinski definition) is 1. The molecule has 0 spiro atoms. The fourth-order valence-corrected chi connectivity index (χ4v) is 2.06. The predicted octanol–water partition coefficient (Wildman–Crippen LogP) is 3.59. The second-order valence-corrected chi connectivity index (χ2v) is 4.95. The molecule has 1 aliphatic rings. The lowest BCUT2D eigenvalue weighted by molar-refractivity contribution is 0.381. The Balaban J connectivity index is 2.06. The highest BCUT2D eigenvalue weighted by atomic mass is 14.9. The summed E-state index contributed by atoms with van der Waals surface area (Å²) in [6, 6.07) is 0.769. The van der Waals surface area contributed by atoms with Gasteiger partial charge in [0.1, 0.15) is 0 Å². The van der Waals surface area contributed by atoms with Gasteiger partial charge in [-0.3, -0.25) is 0 Å². The van der Waals surface area contributed by atoms with E-state index in [-0.39, 0.29) is 0 Å². The van der Waals surface area contributed by atoms with Crippen LogP contribution in [0.2, 0.25) is 0 Å². The molecule has 0 aromatic carbocycles. The van der Waals surface area contributed by atoms with Gasteiger partial charge < -0.3 is 5.32 Å². The molecule has 0 aromatic rings. The molecule has 1 rings (SSSR count). The first-order chi connectivity index (χ1) is 6.77. The molecular weight excluding hydrogens is 170 g/mol. The summed E-state index contributed by atoms with van der Waals surface area (Å²) in [5, 5.41) is 3.70. The van der Waals surface area contributed by atoms with Crippen molar-refractivity contribution in [3.05, 3.63) is 0 Å². The molecule has 1 saturated carbocycles. The Morgan fingerprint density at radius 1 is 1.29 bits per heavy atom. The Morgan fingerprint density at radius 2 is 2.00 bits per heavy atom. The van der Waals surface area contributed by atoms with Gasteiger partial charge >= 0.3 is 0 Å².